The van der Waals surface area contributed by atoms with Crippen LogP contribution in [0.5, 0.6) is 0 Å². The topological polar surface area (TPSA) is 64.9 Å². The summed E-state index contributed by atoms with van der Waals surface area (Å²) in [4.78, 5) is 0. The maximum absolute atomic E-state index is 13.1. The number of rotatable bonds is 3. The van der Waals surface area contributed by atoms with Crippen LogP contribution in [-0.4, -0.2) is 16.7 Å². The molecule has 1 heterocycles. The molecule has 1 aromatic heterocycles. The quantitative estimate of drug-likeness (QED) is 0.938. The molecule has 0 spiro atoms. The van der Waals surface area contributed by atoms with Crippen molar-refractivity contribution in [1.29, 1.82) is 0 Å². The molecule has 0 radical (unpaired) electrons. The zero-order valence-electron chi connectivity index (χ0n) is 8.28. The third-order valence-corrected chi connectivity index (χ3v) is 2.39. The summed E-state index contributed by atoms with van der Waals surface area (Å²) < 4.78 is 19.1. The highest BCUT2D eigenvalue weighted by Crippen LogP contribution is 2.23. The molecule has 0 amide bonds. The zero-order valence-corrected chi connectivity index (χ0v) is 9.87. The summed E-state index contributed by atoms with van der Waals surface area (Å²) in [6, 6.07) is 4.41. The van der Waals surface area contributed by atoms with Crippen LogP contribution in [0.2, 0.25) is 0 Å². The summed E-state index contributed by atoms with van der Waals surface area (Å²) in [5, 5.41) is 7.63. The Hall–Kier alpha value is -1.27. The van der Waals surface area contributed by atoms with Crippen molar-refractivity contribution >= 4 is 15.9 Å². The number of hydrogen-bond donors (Lipinski definition) is 1. The average Bonchev–Trinajstić information content (AvgIpc) is 2.65. The van der Waals surface area contributed by atoms with Gasteiger partial charge in [-0.3, -0.25) is 0 Å². The van der Waals surface area contributed by atoms with Crippen molar-refractivity contribution < 1.29 is 8.81 Å². The Labute approximate surface area is 99.8 Å². The van der Waals surface area contributed by atoms with Crippen molar-refractivity contribution in [3.8, 4) is 11.5 Å². The van der Waals surface area contributed by atoms with Crippen LogP contribution < -0.4 is 5.73 Å². The van der Waals surface area contributed by atoms with Crippen molar-refractivity contribution in [3.63, 3.8) is 0 Å². The van der Waals surface area contributed by atoms with Crippen molar-refractivity contribution in [3.05, 3.63) is 34.4 Å². The van der Waals surface area contributed by atoms with E-state index in [1.54, 1.807) is 6.07 Å². The first kappa shape index (κ1) is 11.2. The first-order valence-electron chi connectivity index (χ1n) is 4.68. The van der Waals surface area contributed by atoms with Gasteiger partial charge in [-0.2, -0.15) is 0 Å². The number of halogens is 2. The van der Waals surface area contributed by atoms with Gasteiger partial charge in [0.1, 0.15) is 5.82 Å². The molecule has 4 nitrogen and oxygen atoms in total. The molecule has 16 heavy (non-hydrogen) atoms. The second-order valence-corrected chi connectivity index (χ2v) is 4.11. The van der Waals surface area contributed by atoms with Gasteiger partial charge in [-0.05, 0) is 18.2 Å². The van der Waals surface area contributed by atoms with E-state index in [2.05, 4.69) is 26.1 Å². The fraction of sp³-hybridized carbons (Fsp3) is 0.200. The van der Waals surface area contributed by atoms with Crippen LogP contribution in [0, 0.1) is 5.82 Å². The van der Waals surface area contributed by atoms with Crippen molar-refractivity contribution in [2.75, 3.05) is 6.54 Å². The Morgan fingerprint density at radius 2 is 2.12 bits per heavy atom. The lowest BCUT2D eigenvalue weighted by molar-refractivity contribution is 0.506. The molecular weight excluding hydrogens is 277 g/mol. The number of benzene rings is 1. The molecule has 2 N–H and O–H groups in total. The van der Waals surface area contributed by atoms with Gasteiger partial charge < -0.3 is 10.2 Å². The highest BCUT2D eigenvalue weighted by molar-refractivity contribution is 9.10. The summed E-state index contributed by atoms with van der Waals surface area (Å²) >= 11 is 3.20. The molecule has 0 aliphatic carbocycles. The lowest BCUT2D eigenvalue weighted by Gasteiger charge is -1.96. The van der Waals surface area contributed by atoms with Gasteiger partial charge in [0.25, 0.3) is 0 Å². The molecular formula is C10H9BrFN3O. The van der Waals surface area contributed by atoms with Gasteiger partial charge in [0.05, 0.1) is 0 Å². The van der Waals surface area contributed by atoms with E-state index in [1.165, 1.54) is 12.1 Å². The number of hydrogen-bond acceptors (Lipinski definition) is 4. The van der Waals surface area contributed by atoms with Gasteiger partial charge in [-0.15, -0.1) is 10.2 Å². The standard InChI is InChI=1S/C10H9BrFN3O/c11-7-3-6(4-8(12)5-7)10-15-14-9(16-10)1-2-13/h3-5H,1-2,13H2. The summed E-state index contributed by atoms with van der Waals surface area (Å²) in [7, 11) is 0. The van der Waals surface area contributed by atoms with Crippen LogP contribution in [0.4, 0.5) is 4.39 Å². The molecule has 0 unspecified atom stereocenters. The molecule has 0 aliphatic rings. The SMILES string of the molecule is NCCc1nnc(-c2cc(F)cc(Br)c2)o1. The van der Waals surface area contributed by atoms with E-state index >= 15 is 0 Å². The molecule has 0 saturated heterocycles. The van der Waals surface area contributed by atoms with Gasteiger partial charge in [0.2, 0.25) is 11.8 Å². The van der Waals surface area contributed by atoms with Crippen LogP contribution in [0.1, 0.15) is 5.89 Å². The maximum atomic E-state index is 13.1. The van der Waals surface area contributed by atoms with Gasteiger partial charge in [-0.1, -0.05) is 15.9 Å². The third-order valence-electron chi connectivity index (χ3n) is 1.93. The summed E-state index contributed by atoms with van der Waals surface area (Å²) in [6.45, 7) is 0.439. The van der Waals surface area contributed by atoms with Crippen LogP contribution >= 0.6 is 15.9 Å². The van der Waals surface area contributed by atoms with Gasteiger partial charge >= 0.3 is 0 Å². The van der Waals surface area contributed by atoms with Gasteiger partial charge in [0, 0.05) is 23.0 Å². The minimum Gasteiger partial charge on any atom is -0.421 e. The molecule has 2 aromatic rings. The van der Waals surface area contributed by atoms with Gasteiger partial charge in [0.15, 0.2) is 0 Å². The second-order valence-electron chi connectivity index (χ2n) is 3.20. The van der Waals surface area contributed by atoms with E-state index < -0.39 is 0 Å². The van der Waals surface area contributed by atoms with Crippen molar-refractivity contribution in [1.82, 2.24) is 10.2 Å². The second kappa shape index (κ2) is 4.71. The van der Waals surface area contributed by atoms with E-state index in [0.717, 1.165) is 0 Å². The predicted molar refractivity (Wildman–Crippen MR) is 60.2 cm³/mol. The summed E-state index contributed by atoms with van der Waals surface area (Å²) in [6.07, 6.45) is 0.517. The van der Waals surface area contributed by atoms with E-state index in [9.17, 15) is 4.39 Å². The molecule has 0 saturated carbocycles. The van der Waals surface area contributed by atoms with Crippen LogP contribution in [0.25, 0.3) is 11.5 Å². The Kier molecular flexibility index (Phi) is 3.31. The first-order valence-corrected chi connectivity index (χ1v) is 5.47. The highest BCUT2D eigenvalue weighted by Gasteiger charge is 2.09. The zero-order chi connectivity index (χ0) is 11.5. The number of aromatic nitrogens is 2. The molecule has 84 valence electrons. The van der Waals surface area contributed by atoms with Crippen molar-refractivity contribution in [2.45, 2.75) is 6.42 Å². The summed E-state index contributed by atoms with van der Waals surface area (Å²) in [5.74, 6) is 0.393. The van der Waals surface area contributed by atoms with Crippen LogP contribution in [-0.2, 0) is 6.42 Å². The maximum Gasteiger partial charge on any atom is 0.247 e. The Morgan fingerprint density at radius 1 is 1.31 bits per heavy atom. The predicted octanol–water partition coefficient (Wildman–Crippen LogP) is 2.14. The molecule has 0 bridgehead atoms. The minimum atomic E-state index is -0.358. The average molecular weight is 286 g/mol. The Balaban J connectivity index is 2.34. The molecule has 0 fully saturated rings. The van der Waals surface area contributed by atoms with E-state index in [-0.39, 0.29) is 5.82 Å². The molecule has 2 rings (SSSR count). The fourth-order valence-electron chi connectivity index (χ4n) is 1.27. The molecule has 0 aliphatic heterocycles. The Morgan fingerprint density at radius 3 is 2.81 bits per heavy atom. The molecule has 6 heteroatoms. The molecule has 1 aromatic carbocycles. The number of nitrogens with two attached hydrogens (primary N) is 1. The monoisotopic (exact) mass is 285 g/mol. The van der Waals surface area contributed by atoms with Crippen LogP contribution in [0.3, 0.4) is 0 Å². The van der Waals surface area contributed by atoms with Crippen LogP contribution in [0.15, 0.2) is 27.1 Å². The first-order chi connectivity index (χ1) is 7.69. The van der Waals surface area contributed by atoms with E-state index in [1.807, 2.05) is 0 Å². The van der Waals surface area contributed by atoms with E-state index in [4.69, 9.17) is 10.2 Å². The molecule has 0 atom stereocenters. The Bertz CT molecular complexity index is 480. The third kappa shape index (κ3) is 2.45. The lowest BCUT2D eigenvalue weighted by Crippen LogP contribution is -2.02. The smallest absolute Gasteiger partial charge is 0.247 e. The van der Waals surface area contributed by atoms with E-state index in [0.29, 0.717) is 34.8 Å². The van der Waals surface area contributed by atoms with Gasteiger partial charge in [-0.25, -0.2) is 4.39 Å². The highest BCUT2D eigenvalue weighted by atomic mass is 79.9. The lowest BCUT2D eigenvalue weighted by atomic mass is 10.2. The fourth-order valence-corrected chi connectivity index (χ4v) is 1.74. The largest absolute Gasteiger partial charge is 0.421 e. The van der Waals surface area contributed by atoms with Crippen molar-refractivity contribution in [2.24, 2.45) is 5.73 Å². The summed E-state index contributed by atoms with van der Waals surface area (Å²) in [5.41, 5.74) is 5.91. The normalized spacial score (nSPS) is 10.7. The minimum absolute atomic E-state index is 0.295. The number of nitrogens with zero attached hydrogens (tertiary/aromatic N) is 2.